The molecule has 6 heteroatoms. The molecule has 1 amide bonds. The van der Waals surface area contributed by atoms with Gasteiger partial charge in [0.15, 0.2) is 0 Å². The second-order valence-electron chi connectivity index (χ2n) is 6.76. The average Bonchev–Trinajstić information content (AvgIpc) is 2.91. The summed E-state index contributed by atoms with van der Waals surface area (Å²) in [6, 6.07) is 0.387. The van der Waals surface area contributed by atoms with Gasteiger partial charge >= 0.3 is 0 Å². The first-order valence-corrected chi connectivity index (χ1v) is 8.56. The molecule has 0 saturated heterocycles. The molecule has 1 aromatic heterocycles. The second kappa shape index (κ2) is 5.86. The van der Waals surface area contributed by atoms with Crippen molar-refractivity contribution in [3.63, 3.8) is 0 Å². The number of thiazole rings is 1. The number of carbonyl (C=O) groups excluding carboxylic acids is 1. The third kappa shape index (κ3) is 2.71. The number of halogens is 1. The van der Waals surface area contributed by atoms with Gasteiger partial charge in [0.2, 0.25) is 0 Å². The predicted octanol–water partition coefficient (Wildman–Crippen LogP) is 2.58. The highest BCUT2D eigenvalue weighted by atomic mass is 35.5. The Morgan fingerprint density at radius 1 is 1.24 bits per heavy atom. The minimum atomic E-state index is -0.00146. The van der Waals surface area contributed by atoms with Gasteiger partial charge in [-0.25, -0.2) is 4.98 Å². The van der Waals surface area contributed by atoms with Gasteiger partial charge in [0.25, 0.3) is 5.91 Å². The van der Waals surface area contributed by atoms with Crippen LogP contribution in [0.1, 0.15) is 47.6 Å². The largest absolute Gasteiger partial charge is 0.347 e. The van der Waals surface area contributed by atoms with Crippen molar-refractivity contribution in [3.8, 4) is 0 Å². The lowest BCUT2D eigenvalue weighted by molar-refractivity contribution is -0.0120. The second-order valence-corrected chi connectivity index (χ2v) is 7.70. The molecule has 1 aromatic rings. The highest BCUT2D eigenvalue weighted by Crippen LogP contribution is 2.53. The molecule has 4 aliphatic rings. The van der Waals surface area contributed by atoms with Gasteiger partial charge in [-0.1, -0.05) is 0 Å². The molecule has 0 atom stereocenters. The molecule has 5 rings (SSSR count). The molecule has 4 fully saturated rings. The van der Waals surface area contributed by atoms with E-state index in [9.17, 15) is 4.79 Å². The smallest absolute Gasteiger partial charge is 0.270 e. The summed E-state index contributed by atoms with van der Waals surface area (Å²) in [5.74, 6) is 3.30. The number of nitrogens with one attached hydrogen (secondary N) is 1. The molecule has 4 saturated carbocycles. The third-order valence-electron chi connectivity index (χ3n) is 5.48. The number of amides is 1. The predicted molar refractivity (Wildman–Crippen MR) is 85.6 cm³/mol. The number of rotatable bonds is 3. The van der Waals surface area contributed by atoms with Crippen LogP contribution in [0.25, 0.3) is 0 Å². The SMILES string of the molecule is Cl.NCc1nc(C(=O)NC2C3CC4CC(C3)CC2C4)cs1. The molecule has 4 nitrogen and oxygen atoms in total. The zero-order valence-corrected chi connectivity index (χ0v) is 13.6. The monoisotopic (exact) mass is 327 g/mol. The summed E-state index contributed by atoms with van der Waals surface area (Å²) in [6.07, 6.45) is 6.73. The number of aromatic nitrogens is 1. The first-order chi connectivity index (χ1) is 9.72. The number of nitrogens with zero attached hydrogens (tertiary/aromatic N) is 1. The molecule has 4 bridgehead atoms. The molecular formula is C15H22ClN3OS. The topological polar surface area (TPSA) is 68.0 Å². The molecular weight excluding hydrogens is 306 g/mol. The Morgan fingerprint density at radius 3 is 2.38 bits per heavy atom. The van der Waals surface area contributed by atoms with E-state index in [0.717, 1.165) is 16.8 Å². The van der Waals surface area contributed by atoms with Crippen molar-refractivity contribution < 1.29 is 4.79 Å². The van der Waals surface area contributed by atoms with E-state index in [1.807, 2.05) is 5.38 Å². The third-order valence-corrected chi connectivity index (χ3v) is 6.35. The van der Waals surface area contributed by atoms with Crippen LogP contribution in [-0.2, 0) is 6.54 Å². The van der Waals surface area contributed by atoms with Gasteiger partial charge in [-0.2, -0.15) is 0 Å². The Labute approximate surface area is 135 Å². The summed E-state index contributed by atoms with van der Waals surface area (Å²) in [6.45, 7) is 0.413. The van der Waals surface area contributed by atoms with Gasteiger partial charge in [0.1, 0.15) is 10.7 Å². The number of hydrogen-bond donors (Lipinski definition) is 2. The van der Waals surface area contributed by atoms with Crippen molar-refractivity contribution in [2.45, 2.75) is 44.7 Å². The molecule has 116 valence electrons. The van der Waals surface area contributed by atoms with Crippen molar-refractivity contribution in [1.82, 2.24) is 10.3 Å². The van der Waals surface area contributed by atoms with E-state index in [4.69, 9.17) is 5.73 Å². The van der Waals surface area contributed by atoms with Crippen LogP contribution in [0.5, 0.6) is 0 Å². The van der Waals surface area contributed by atoms with Crippen LogP contribution in [0.2, 0.25) is 0 Å². The minimum Gasteiger partial charge on any atom is -0.347 e. The Morgan fingerprint density at radius 2 is 1.86 bits per heavy atom. The van der Waals surface area contributed by atoms with Crippen LogP contribution in [0.3, 0.4) is 0 Å². The summed E-state index contributed by atoms with van der Waals surface area (Å²) in [5.41, 5.74) is 6.10. The Hall–Kier alpha value is -0.650. The van der Waals surface area contributed by atoms with Crippen molar-refractivity contribution in [1.29, 1.82) is 0 Å². The number of hydrogen-bond acceptors (Lipinski definition) is 4. The van der Waals surface area contributed by atoms with Crippen molar-refractivity contribution >= 4 is 29.7 Å². The fraction of sp³-hybridized carbons (Fsp3) is 0.733. The normalized spacial score (nSPS) is 36.3. The summed E-state index contributed by atoms with van der Waals surface area (Å²) >= 11 is 1.47. The number of nitrogens with two attached hydrogens (primary N) is 1. The summed E-state index contributed by atoms with van der Waals surface area (Å²) in [7, 11) is 0. The van der Waals surface area contributed by atoms with E-state index in [2.05, 4.69) is 10.3 Å². The van der Waals surface area contributed by atoms with Gasteiger partial charge in [0, 0.05) is 18.0 Å². The molecule has 0 aliphatic heterocycles. The fourth-order valence-corrected chi connectivity index (χ4v) is 5.55. The molecule has 0 spiro atoms. The molecule has 0 unspecified atom stereocenters. The summed E-state index contributed by atoms with van der Waals surface area (Å²) in [4.78, 5) is 16.7. The van der Waals surface area contributed by atoms with Gasteiger partial charge in [-0.05, 0) is 55.8 Å². The molecule has 3 N–H and O–H groups in total. The fourth-order valence-electron chi connectivity index (χ4n) is 4.90. The van der Waals surface area contributed by atoms with Crippen molar-refractivity contribution in [2.24, 2.45) is 29.4 Å². The van der Waals surface area contributed by atoms with E-state index in [1.165, 1.54) is 43.4 Å². The van der Waals surface area contributed by atoms with Gasteiger partial charge < -0.3 is 11.1 Å². The van der Waals surface area contributed by atoms with Crippen LogP contribution in [0.4, 0.5) is 0 Å². The average molecular weight is 328 g/mol. The number of carbonyl (C=O) groups is 1. The lowest BCUT2D eigenvalue weighted by Crippen LogP contribution is -2.55. The van der Waals surface area contributed by atoms with Crippen LogP contribution >= 0.6 is 23.7 Å². The molecule has 1 heterocycles. The zero-order valence-electron chi connectivity index (χ0n) is 12.0. The highest BCUT2D eigenvalue weighted by molar-refractivity contribution is 7.09. The lowest BCUT2D eigenvalue weighted by atomic mass is 9.54. The van der Waals surface area contributed by atoms with Gasteiger partial charge in [0.05, 0.1) is 0 Å². The van der Waals surface area contributed by atoms with Gasteiger partial charge in [-0.3, -0.25) is 4.79 Å². The lowest BCUT2D eigenvalue weighted by Gasteiger charge is -2.54. The van der Waals surface area contributed by atoms with E-state index in [0.29, 0.717) is 30.1 Å². The standard InChI is InChI=1S/C15H21N3OS.ClH/c16-6-13-17-12(7-20-13)15(19)18-14-10-2-8-1-9(4-10)5-11(14)3-8;/h7-11,14H,1-6,16H2,(H,18,19);1H. The van der Waals surface area contributed by atoms with Crippen LogP contribution in [-0.4, -0.2) is 16.9 Å². The maximum absolute atomic E-state index is 12.4. The minimum absolute atomic E-state index is 0. The van der Waals surface area contributed by atoms with Crippen molar-refractivity contribution in [3.05, 3.63) is 16.1 Å². The summed E-state index contributed by atoms with van der Waals surface area (Å²) in [5, 5.41) is 5.94. The van der Waals surface area contributed by atoms with Crippen LogP contribution < -0.4 is 11.1 Å². The quantitative estimate of drug-likeness (QED) is 0.896. The van der Waals surface area contributed by atoms with E-state index in [-0.39, 0.29) is 18.3 Å². The molecule has 0 aromatic carbocycles. The maximum atomic E-state index is 12.4. The first kappa shape index (κ1) is 15.3. The van der Waals surface area contributed by atoms with Crippen LogP contribution in [0.15, 0.2) is 5.38 Å². The molecule has 21 heavy (non-hydrogen) atoms. The highest BCUT2D eigenvalue weighted by Gasteiger charge is 2.48. The summed E-state index contributed by atoms with van der Waals surface area (Å²) < 4.78 is 0. The molecule has 4 aliphatic carbocycles. The molecule has 0 radical (unpaired) electrons. The van der Waals surface area contributed by atoms with Gasteiger partial charge in [-0.15, -0.1) is 23.7 Å². The van der Waals surface area contributed by atoms with E-state index in [1.54, 1.807) is 0 Å². The van der Waals surface area contributed by atoms with Crippen LogP contribution in [0, 0.1) is 23.7 Å². The van der Waals surface area contributed by atoms with Crippen molar-refractivity contribution in [2.75, 3.05) is 0 Å². The van der Waals surface area contributed by atoms with E-state index >= 15 is 0 Å². The zero-order chi connectivity index (χ0) is 13.7. The Bertz CT molecular complexity index is 505. The Balaban J connectivity index is 0.00000132. The maximum Gasteiger partial charge on any atom is 0.270 e. The first-order valence-electron chi connectivity index (χ1n) is 7.68. The Kier molecular flexibility index (Phi) is 4.26. The van der Waals surface area contributed by atoms with E-state index < -0.39 is 0 Å².